The number of hydrogen-bond donors (Lipinski definition) is 3. The Bertz CT molecular complexity index is 683. The van der Waals surface area contributed by atoms with Crippen LogP contribution in [-0.2, 0) is 6.42 Å². The number of fused-ring (bicyclic) bond motifs is 1. The zero-order valence-corrected chi connectivity index (χ0v) is 11.0. The average molecular weight is 295 g/mol. The third-order valence-corrected chi connectivity index (χ3v) is 3.43. The number of nitrogens with one attached hydrogen (secondary N) is 1. The number of hydrogen-bond acceptors (Lipinski definition) is 4. The Morgan fingerprint density at radius 2 is 2.30 bits per heavy atom. The van der Waals surface area contributed by atoms with Crippen molar-refractivity contribution in [3.63, 3.8) is 0 Å². The number of aliphatic hydroxyl groups excluding tert-OH is 1. The number of aromatic amines is 1. The van der Waals surface area contributed by atoms with Crippen molar-refractivity contribution < 1.29 is 19.7 Å². The number of H-pyrrole nitrogens is 1. The van der Waals surface area contributed by atoms with E-state index in [0.717, 1.165) is 5.56 Å². The van der Waals surface area contributed by atoms with Gasteiger partial charge >= 0.3 is 5.97 Å². The fraction of sp³-hybridized carbons (Fsp3) is 0.231. The van der Waals surface area contributed by atoms with Crippen LogP contribution in [0.4, 0.5) is 0 Å². The largest absolute Gasteiger partial charge is 0.493 e. The Kier molecular flexibility index (Phi) is 3.11. The van der Waals surface area contributed by atoms with Gasteiger partial charge in [-0.1, -0.05) is 11.6 Å². The van der Waals surface area contributed by atoms with E-state index in [9.17, 15) is 9.90 Å². The maximum absolute atomic E-state index is 11.1. The molecule has 1 aromatic carbocycles. The van der Waals surface area contributed by atoms with E-state index in [0.29, 0.717) is 29.4 Å². The molecule has 0 radical (unpaired) electrons. The van der Waals surface area contributed by atoms with E-state index in [-0.39, 0.29) is 11.4 Å². The predicted octanol–water partition coefficient (Wildman–Crippen LogP) is 1.78. The number of rotatable bonds is 3. The number of nitrogens with zero attached hydrogens (tertiary/aromatic N) is 1. The standard InChI is InChI=1S/C13H11ClN2O4/c14-7-3-6-1-2-20-12(6)8(4-7)11(17)9-10(13(18)19)16-5-15-9/h3-5,11,17H,1-2H2,(H,15,16)(H,18,19). The molecule has 1 aliphatic heterocycles. The third kappa shape index (κ3) is 2.03. The molecule has 0 saturated carbocycles. The molecule has 20 heavy (non-hydrogen) atoms. The highest BCUT2D eigenvalue weighted by Gasteiger charge is 2.27. The lowest BCUT2D eigenvalue weighted by atomic mass is 10.0. The first-order chi connectivity index (χ1) is 9.58. The number of aromatic nitrogens is 2. The summed E-state index contributed by atoms with van der Waals surface area (Å²) in [5.41, 5.74) is 1.24. The van der Waals surface area contributed by atoms with Gasteiger partial charge in [-0.15, -0.1) is 0 Å². The maximum atomic E-state index is 11.1. The number of halogens is 1. The van der Waals surface area contributed by atoms with Gasteiger partial charge in [-0.25, -0.2) is 9.78 Å². The van der Waals surface area contributed by atoms with E-state index in [4.69, 9.17) is 21.4 Å². The van der Waals surface area contributed by atoms with E-state index in [1.165, 1.54) is 6.33 Å². The van der Waals surface area contributed by atoms with Crippen molar-refractivity contribution in [2.24, 2.45) is 0 Å². The van der Waals surface area contributed by atoms with E-state index in [1.807, 2.05) is 0 Å². The van der Waals surface area contributed by atoms with Gasteiger partial charge in [-0.05, 0) is 17.7 Å². The fourth-order valence-corrected chi connectivity index (χ4v) is 2.59. The summed E-state index contributed by atoms with van der Waals surface area (Å²) < 4.78 is 5.50. The van der Waals surface area contributed by atoms with Crippen molar-refractivity contribution in [3.05, 3.63) is 46.0 Å². The summed E-state index contributed by atoms with van der Waals surface area (Å²) in [7, 11) is 0. The van der Waals surface area contributed by atoms with Gasteiger partial charge in [0, 0.05) is 17.0 Å². The Morgan fingerprint density at radius 3 is 3.05 bits per heavy atom. The first-order valence-corrected chi connectivity index (χ1v) is 6.35. The molecular formula is C13H11ClN2O4. The molecule has 2 heterocycles. The van der Waals surface area contributed by atoms with Gasteiger partial charge < -0.3 is 19.9 Å². The molecule has 0 saturated heterocycles. The van der Waals surface area contributed by atoms with Gasteiger partial charge in [-0.2, -0.15) is 0 Å². The number of carbonyl (C=O) groups is 1. The second-order valence-corrected chi connectivity index (χ2v) is 4.89. The summed E-state index contributed by atoms with van der Waals surface area (Å²) in [6.07, 6.45) is 0.757. The lowest BCUT2D eigenvalue weighted by molar-refractivity contribution is 0.0685. The highest BCUT2D eigenvalue weighted by molar-refractivity contribution is 6.30. The van der Waals surface area contributed by atoms with Crippen LogP contribution in [0.25, 0.3) is 0 Å². The molecule has 0 fully saturated rings. The van der Waals surface area contributed by atoms with Crippen LogP contribution in [0, 0.1) is 0 Å². The smallest absolute Gasteiger partial charge is 0.356 e. The van der Waals surface area contributed by atoms with Crippen LogP contribution in [0.2, 0.25) is 5.02 Å². The van der Waals surface area contributed by atoms with Gasteiger partial charge in [0.05, 0.1) is 18.6 Å². The van der Waals surface area contributed by atoms with Crippen LogP contribution in [0.15, 0.2) is 18.5 Å². The maximum Gasteiger partial charge on any atom is 0.356 e. The van der Waals surface area contributed by atoms with Crippen LogP contribution < -0.4 is 4.74 Å². The molecule has 1 aliphatic rings. The van der Waals surface area contributed by atoms with Crippen LogP contribution in [-0.4, -0.2) is 32.8 Å². The van der Waals surface area contributed by atoms with Crippen LogP contribution in [0.1, 0.15) is 33.4 Å². The normalized spacial score (nSPS) is 14.7. The Morgan fingerprint density at radius 1 is 1.50 bits per heavy atom. The zero-order chi connectivity index (χ0) is 14.3. The monoisotopic (exact) mass is 294 g/mol. The highest BCUT2D eigenvalue weighted by Crippen LogP contribution is 2.38. The van der Waals surface area contributed by atoms with Crippen LogP contribution in [0.3, 0.4) is 0 Å². The molecule has 1 atom stereocenters. The zero-order valence-electron chi connectivity index (χ0n) is 10.3. The molecule has 1 unspecified atom stereocenters. The molecule has 0 aliphatic carbocycles. The first kappa shape index (κ1) is 13.0. The minimum atomic E-state index is -1.21. The van der Waals surface area contributed by atoms with Gasteiger partial charge in [0.2, 0.25) is 0 Å². The van der Waals surface area contributed by atoms with E-state index in [1.54, 1.807) is 12.1 Å². The molecule has 1 aromatic heterocycles. The SMILES string of the molecule is O=C(O)c1nc[nH]c1C(O)c1cc(Cl)cc2c1OCC2. The molecular weight excluding hydrogens is 284 g/mol. The highest BCUT2D eigenvalue weighted by atomic mass is 35.5. The van der Waals surface area contributed by atoms with Crippen LogP contribution >= 0.6 is 11.6 Å². The molecule has 0 spiro atoms. The summed E-state index contributed by atoms with van der Waals surface area (Å²) in [4.78, 5) is 17.4. The minimum absolute atomic E-state index is 0.109. The molecule has 7 heteroatoms. The van der Waals surface area contributed by atoms with Crippen LogP contribution in [0.5, 0.6) is 5.75 Å². The van der Waals surface area contributed by atoms with Crippen molar-refractivity contribution in [1.29, 1.82) is 0 Å². The molecule has 3 N–H and O–H groups in total. The Balaban J connectivity index is 2.09. The number of aliphatic hydroxyl groups is 1. The lowest BCUT2D eigenvalue weighted by Crippen LogP contribution is -2.09. The summed E-state index contributed by atoms with van der Waals surface area (Å²) >= 11 is 6.03. The van der Waals surface area contributed by atoms with E-state index < -0.39 is 12.1 Å². The number of imidazole rings is 1. The topological polar surface area (TPSA) is 95.4 Å². The van der Waals surface area contributed by atoms with Gasteiger partial charge in [-0.3, -0.25) is 0 Å². The van der Waals surface area contributed by atoms with Gasteiger partial charge in [0.15, 0.2) is 5.69 Å². The summed E-state index contributed by atoms with van der Waals surface area (Å²) in [5.74, 6) is -0.646. The summed E-state index contributed by atoms with van der Waals surface area (Å²) in [6, 6.07) is 3.36. The van der Waals surface area contributed by atoms with Crippen molar-refractivity contribution in [2.75, 3.05) is 6.61 Å². The Labute approximate surface area is 119 Å². The van der Waals surface area contributed by atoms with Crippen molar-refractivity contribution >= 4 is 17.6 Å². The second kappa shape index (κ2) is 4.81. The summed E-state index contributed by atoms with van der Waals surface area (Å²) in [6.45, 7) is 0.518. The lowest BCUT2D eigenvalue weighted by Gasteiger charge is -2.14. The number of ether oxygens (including phenoxy) is 1. The second-order valence-electron chi connectivity index (χ2n) is 4.45. The third-order valence-electron chi connectivity index (χ3n) is 3.22. The quantitative estimate of drug-likeness (QED) is 0.802. The van der Waals surface area contributed by atoms with Crippen molar-refractivity contribution in [2.45, 2.75) is 12.5 Å². The van der Waals surface area contributed by atoms with Gasteiger partial charge in [0.25, 0.3) is 0 Å². The predicted molar refractivity (Wildman–Crippen MR) is 70.3 cm³/mol. The number of carboxylic acid groups (broad SMARTS) is 1. The Hall–Kier alpha value is -2.05. The molecule has 0 amide bonds. The van der Waals surface area contributed by atoms with Gasteiger partial charge in [0.1, 0.15) is 11.9 Å². The summed E-state index contributed by atoms with van der Waals surface area (Å²) in [5, 5.41) is 19.9. The molecule has 2 aromatic rings. The minimum Gasteiger partial charge on any atom is -0.493 e. The number of aromatic carboxylic acids is 1. The number of benzene rings is 1. The van der Waals surface area contributed by atoms with Crippen molar-refractivity contribution in [1.82, 2.24) is 9.97 Å². The molecule has 0 bridgehead atoms. The average Bonchev–Trinajstić information content (AvgIpc) is 3.04. The fourth-order valence-electron chi connectivity index (χ4n) is 2.34. The number of carboxylic acids is 1. The first-order valence-electron chi connectivity index (χ1n) is 5.97. The van der Waals surface area contributed by atoms with E-state index >= 15 is 0 Å². The molecule has 6 nitrogen and oxygen atoms in total. The molecule has 104 valence electrons. The molecule has 3 rings (SSSR count). The van der Waals surface area contributed by atoms with Crippen molar-refractivity contribution in [3.8, 4) is 5.75 Å². The van der Waals surface area contributed by atoms with E-state index in [2.05, 4.69) is 9.97 Å².